The van der Waals surface area contributed by atoms with E-state index in [0.29, 0.717) is 24.9 Å². The van der Waals surface area contributed by atoms with Gasteiger partial charge < -0.3 is 14.6 Å². The van der Waals surface area contributed by atoms with Crippen molar-refractivity contribution >= 4 is 0 Å². The lowest BCUT2D eigenvalue weighted by atomic mass is 9.80. The maximum atomic E-state index is 13.3. The molecule has 150 valence electrons. The quantitative estimate of drug-likeness (QED) is 0.839. The Morgan fingerprint density at radius 1 is 1.04 bits per heavy atom. The molecular weight excluding hydrogens is 357 g/mol. The number of piperidine rings is 1. The van der Waals surface area contributed by atoms with Gasteiger partial charge in [-0.3, -0.25) is 4.90 Å². The second kappa shape index (κ2) is 7.37. The van der Waals surface area contributed by atoms with Crippen LogP contribution in [0.5, 0.6) is 11.5 Å². The maximum absolute atomic E-state index is 13.3. The van der Waals surface area contributed by atoms with Gasteiger partial charge >= 0.3 is 0 Å². The summed E-state index contributed by atoms with van der Waals surface area (Å²) >= 11 is 0. The van der Waals surface area contributed by atoms with E-state index < -0.39 is 5.60 Å². The fourth-order valence-electron chi connectivity index (χ4n) is 4.96. The number of benzene rings is 2. The highest BCUT2D eigenvalue weighted by atomic mass is 19.1. The number of fused-ring (bicyclic) bond motifs is 2. The summed E-state index contributed by atoms with van der Waals surface area (Å²) in [5.41, 5.74) is 2.36. The molecule has 0 spiro atoms. The number of rotatable bonds is 5. The molecule has 2 heterocycles. The molecule has 0 radical (unpaired) electrons. The van der Waals surface area contributed by atoms with E-state index in [-0.39, 0.29) is 5.82 Å². The molecule has 2 aromatic carbocycles. The molecule has 0 aliphatic carbocycles. The fraction of sp³-hybridized carbons (Fsp3) is 0.478. The summed E-state index contributed by atoms with van der Waals surface area (Å²) in [5, 5.41) is 11.3. The van der Waals surface area contributed by atoms with Crippen molar-refractivity contribution in [2.24, 2.45) is 0 Å². The van der Waals surface area contributed by atoms with E-state index in [4.69, 9.17) is 9.47 Å². The number of aliphatic hydroxyl groups is 1. The Kier molecular flexibility index (Phi) is 5.06. The van der Waals surface area contributed by atoms with E-state index in [1.54, 1.807) is 26.4 Å². The standard InChI is InChI=1S/C23H28FNO3/c1-15-10-21(27-2)22(28-3)11-16(15)14-25-19-8-9-20(25)13-23(26,12-19)17-4-6-18(24)7-5-17/h4-7,10-11,19-20,26H,8-9,12-14H2,1-3H3/t19-,20-/m0/s1. The molecule has 2 aliphatic heterocycles. The SMILES string of the molecule is COc1cc(C)c(CN2[C@H]3CC[C@H]2CC(O)(c2ccc(F)cc2)C3)cc1OC. The van der Waals surface area contributed by atoms with Gasteiger partial charge in [0.05, 0.1) is 19.8 Å². The average Bonchev–Trinajstić information content (AvgIpc) is 2.93. The lowest BCUT2D eigenvalue weighted by Gasteiger charge is -2.44. The number of nitrogens with zero attached hydrogens (tertiary/aromatic N) is 1. The van der Waals surface area contributed by atoms with Gasteiger partial charge in [-0.15, -0.1) is 0 Å². The number of ether oxygens (including phenoxy) is 2. The van der Waals surface area contributed by atoms with Crippen LogP contribution in [0.15, 0.2) is 36.4 Å². The largest absolute Gasteiger partial charge is 0.493 e. The van der Waals surface area contributed by atoms with Gasteiger partial charge in [-0.25, -0.2) is 4.39 Å². The molecule has 1 N–H and O–H groups in total. The molecule has 4 rings (SSSR count). The lowest BCUT2D eigenvalue weighted by molar-refractivity contribution is -0.0595. The van der Waals surface area contributed by atoms with Crippen molar-refractivity contribution in [3.63, 3.8) is 0 Å². The predicted molar refractivity (Wildman–Crippen MR) is 106 cm³/mol. The molecule has 28 heavy (non-hydrogen) atoms. The summed E-state index contributed by atoms with van der Waals surface area (Å²) in [6, 6.07) is 11.1. The Morgan fingerprint density at radius 3 is 2.18 bits per heavy atom. The first-order chi connectivity index (χ1) is 13.4. The van der Waals surface area contributed by atoms with Crippen LogP contribution in [-0.4, -0.2) is 36.3 Å². The van der Waals surface area contributed by atoms with Gasteiger partial charge in [-0.2, -0.15) is 0 Å². The van der Waals surface area contributed by atoms with Crippen LogP contribution in [0, 0.1) is 12.7 Å². The highest BCUT2D eigenvalue weighted by Crippen LogP contribution is 2.46. The van der Waals surface area contributed by atoms with Crippen molar-refractivity contribution in [1.82, 2.24) is 4.90 Å². The normalized spacial score (nSPS) is 27.0. The minimum atomic E-state index is -0.872. The molecule has 2 fully saturated rings. The minimum Gasteiger partial charge on any atom is -0.493 e. The van der Waals surface area contributed by atoms with Crippen molar-refractivity contribution in [3.8, 4) is 11.5 Å². The summed E-state index contributed by atoms with van der Waals surface area (Å²) in [5.74, 6) is 1.23. The van der Waals surface area contributed by atoms with Crippen LogP contribution in [0.3, 0.4) is 0 Å². The Hall–Kier alpha value is -2.11. The first-order valence-electron chi connectivity index (χ1n) is 9.89. The summed E-state index contributed by atoms with van der Waals surface area (Å²) in [6.45, 7) is 2.93. The van der Waals surface area contributed by atoms with Gasteiger partial charge in [0.15, 0.2) is 11.5 Å². The van der Waals surface area contributed by atoms with Gasteiger partial charge in [0.25, 0.3) is 0 Å². The van der Waals surface area contributed by atoms with Gasteiger partial charge in [0.2, 0.25) is 0 Å². The molecule has 0 amide bonds. The van der Waals surface area contributed by atoms with Gasteiger partial charge in [-0.1, -0.05) is 12.1 Å². The summed E-state index contributed by atoms with van der Waals surface area (Å²) < 4.78 is 24.2. The molecule has 2 saturated heterocycles. The summed E-state index contributed by atoms with van der Waals surface area (Å²) in [4.78, 5) is 2.52. The highest BCUT2D eigenvalue weighted by Gasteiger charge is 2.48. The van der Waals surface area contributed by atoms with Crippen LogP contribution >= 0.6 is 0 Å². The van der Waals surface area contributed by atoms with Crippen LogP contribution in [0.4, 0.5) is 4.39 Å². The molecule has 2 aromatic rings. The Bertz CT molecular complexity index is 838. The summed E-state index contributed by atoms with van der Waals surface area (Å²) in [7, 11) is 3.31. The van der Waals surface area contributed by atoms with Crippen molar-refractivity contribution < 1.29 is 19.0 Å². The molecule has 0 aromatic heterocycles. The van der Waals surface area contributed by atoms with E-state index in [9.17, 15) is 9.50 Å². The minimum absolute atomic E-state index is 0.267. The number of halogens is 1. The zero-order valence-corrected chi connectivity index (χ0v) is 16.7. The van der Waals surface area contributed by atoms with Crippen LogP contribution in [0.2, 0.25) is 0 Å². The Balaban J connectivity index is 1.55. The summed E-state index contributed by atoms with van der Waals surface area (Å²) in [6.07, 6.45) is 3.53. The first-order valence-corrected chi connectivity index (χ1v) is 9.89. The maximum Gasteiger partial charge on any atom is 0.161 e. The Labute approximate surface area is 165 Å². The molecule has 2 bridgehead atoms. The second-order valence-electron chi connectivity index (χ2n) is 8.14. The number of methoxy groups -OCH3 is 2. The average molecular weight is 385 g/mol. The third kappa shape index (κ3) is 3.38. The zero-order chi connectivity index (χ0) is 19.9. The number of aryl methyl sites for hydroxylation is 1. The molecule has 2 aliphatic rings. The van der Waals surface area contributed by atoms with Crippen LogP contribution in [-0.2, 0) is 12.1 Å². The van der Waals surface area contributed by atoms with Crippen molar-refractivity contribution in [1.29, 1.82) is 0 Å². The van der Waals surface area contributed by atoms with E-state index in [1.165, 1.54) is 23.3 Å². The number of hydrogen-bond donors (Lipinski definition) is 1. The molecular formula is C23H28FNO3. The molecule has 5 heteroatoms. The smallest absolute Gasteiger partial charge is 0.161 e. The molecule has 0 saturated carbocycles. The van der Waals surface area contributed by atoms with Crippen LogP contribution in [0.1, 0.15) is 42.4 Å². The van der Waals surface area contributed by atoms with Crippen molar-refractivity contribution in [3.05, 3.63) is 58.9 Å². The van der Waals surface area contributed by atoms with E-state index in [2.05, 4.69) is 17.9 Å². The topological polar surface area (TPSA) is 41.9 Å². The highest BCUT2D eigenvalue weighted by molar-refractivity contribution is 5.47. The number of hydrogen-bond acceptors (Lipinski definition) is 4. The molecule has 2 atom stereocenters. The Morgan fingerprint density at radius 2 is 1.61 bits per heavy atom. The van der Waals surface area contributed by atoms with E-state index in [0.717, 1.165) is 36.4 Å². The third-order valence-corrected chi connectivity index (χ3v) is 6.49. The fourth-order valence-corrected chi connectivity index (χ4v) is 4.96. The second-order valence-corrected chi connectivity index (χ2v) is 8.14. The molecule has 0 unspecified atom stereocenters. The van der Waals surface area contributed by atoms with Crippen molar-refractivity contribution in [2.45, 2.75) is 56.8 Å². The van der Waals surface area contributed by atoms with E-state index >= 15 is 0 Å². The van der Waals surface area contributed by atoms with Crippen LogP contribution < -0.4 is 9.47 Å². The van der Waals surface area contributed by atoms with Gasteiger partial charge in [-0.05, 0) is 73.6 Å². The first kappa shape index (κ1) is 19.2. The van der Waals surface area contributed by atoms with E-state index in [1.807, 2.05) is 6.07 Å². The molecule has 4 nitrogen and oxygen atoms in total. The predicted octanol–water partition coefficient (Wildman–Crippen LogP) is 4.17. The van der Waals surface area contributed by atoms with Gasteiger partial charge in [0.1, 0.15) is 5.82 Å². The zero-order valence-electron chi connectivity index (χ0n) is 16.7. The lowest BCUT2D eigenvalue weighted by Crippen LogP contribution is -2.49. The monoisotopic (exact) mass is 385 g/mol. The van der Waals surface area contributed by atoms with Crippen molar-refractivity contribution in [2.75, 3.05) is 14.2 Å². The van der Waals surface area contributed by atoms with Gasteiger partial charge in [0, 0.05) is 18.6 Å². The van der Waals surface area contributed by atoms with Crippen LogP contribution in [0.25, 0.3) is 0 Å². The third-order valence-electron chi connectivity index (χ3n) is 6.49.